The number of ether oxygens (including phenoxy) is 2. The first-order chi connectivity index (χ1) is 12.5. The molecule has 1 amide bonds. The summed E-state index contributed by atoms with van der Waals surface area (Å²) in [6, 6.07) is 15.1. The number of esters is 1. The second-order valence-corrected chi connectivity index (χ2v) is 5.96. The number of carbonyl (C=O) groups is 2. The summed E-state index contributed by atoms with van der Waals surface area (Å²) in [4.78, 5) is 25.9. The fourth-order valence-electron chi connectivity index (χ4n) is 2.59. The van der Waals surface area contributed by atoms with Gasteiger partial charge >= 0.3 is 5.97 Å². The van der Waals surface area contributed by atoms with Gasteiger partial charge in [0.25, 0.3) is 0 Å². The van der Waals surface area contributed by atoms with Gasteiger partial charge in [0.2, 0.25) is 5.91 Å². The molecule has 0 saturated heterocycles. The Morgan fingerprint density at radius 2 is 1.77 bits per heavy atom. The van der Waals surface area contributed by atoms with Crippen LogP contribution in [-0.2, 0) is 22.6 Å². The predicted molar refractivity (Wildman–Crippen MR) is 99.0 cm³/mol. The number of hydrogen-bond acceptors (Lipinski definition) is 5. The summed E-state index contributed by atoms with van der Waals surface area (Å²) >= 11 is 0. The smallest absolute Gasteiger partial charge is 0.341 e. The second-order valence-electron chi connectivity index (χ2n) is 5.96. The summed E-state index contributed by atoms with van der Waals surface area (Å²) < 4.78 is 9.92. The predicted octanol–water partition coefficient (Wildman–Crippen LogP) is 2.23. The Kier molecular flexibility index (Phi) is 7.17. The molecule has 1 N–H and O–H groups in total. The van der Waals surface area contributed by atoms with Crippen LogP contribution in [0.3, 0.4) is 0 Å². The summed E-state index contributed by atoms with van der Waals surface area (Å²) in [5.41, 5.74) is 2.29. The van der Waals surface area contributed by atoms with Gasteiger partial charge in [-0.1, -0.05) is 36.4 Å². The molecule has 138 valence electrons. The molecular weight excluding hydrogens is 332 g/mol. The lowest BCUT2D eigenvalue weighted by molar-refractivity contribution is -0.122. The lowest BCUT2D eigenvalue weighted by Gasteiger charge is -2.16. The molecular formula is C20H24N2O4. The summed E-state index contributed by atoms with van der Waals surface area (Å²) in [5, 5.41) is 2.86. The Morgan fingerprint density at radius 3 is 2.42 bits per heavy atom. The summed E-state index contributed by atoms with van der Waals surface area (Å²) in [5.74, 6) is -0.119. The first kappa shape index (κ1) is 19.5. The summed E-state index contributed by atoms with van der Waals surface area (Å²) in [6.45, 7) is 1.31. The molecule has 6 heteroatoms. The lowest BCUT2D eigenvalue weighted by Crippen LogP contribution is -2.34. The molecule has 0 fully saturated rings. The van der Waals surface area contributed by atoms with Crippen molar-refractivity contribution in [3.8, 4) is 5.75 Å². The van der Waals surface area contributed by atoms with Crippen LogP contribution < -0.4 is 10.1 Å². The molecule has 26 heavy (non-hydrogen) atoms. The second kappa shape index (κ2) is 9.58. The van der Waals surface area contributed by atoms with E-state index in [0.29, 0.717) is 24.4 Å². The van der Waals surface area contributed by atoms with Gasteiger partial charge in [0, 0.05) is 13.1 Å². The van der Waals surface area contributed by atoms with Crippen molar-refractivity contribution in [1.29, 1.82) is 0 Å². The molecule has 0 unspecified atom stereocenters. The largest absolute Gasteiger partial charge is 0.496 e. The molecule has 0 aliphatic rings. The van der Waals surface area contributed by atoms with E-state index in [1.54, 1.807) is 18.2 Å². The molecule has 2 rings (SSSR count). The molecule has 0 aromatic heterocycles. The van der Waals surface area contributed by atoms with E-state index in [1.807, 2.05) is 42.3 Å². The van der Waals surface area contributed by atoms with Crippen molar-refractivity contribution in [2.75, 3.05) is 27.8 Å². The highest BCUT2D eigenvalue weighted by atomic mass is 16.5. The van der Waals surface area contributed by atoms with Crippen molar-refractivity contribution >= 4 is 11.9 Å². The number of likely N-dealkylation sites (N-methyl/N-ethyl adjacent to an activating group) is 1. The fourth-order valence-corrected chi connectivity index (χ4v) is 2.59. The average molecular weight is 356 g/mol. The van der Waals surface area contributed by atoms with E-state index >= 15 is 0 Å². The number of amides is 1. The average Bonchev–Trinajstić information content (AvgIpc) is 2.66. The number of nitrogens with zero attached hydrogens (tertiary/aromatic N) is 1. The SMILES string of the molecule is COC(=O)c1cc(CNC(=O)CN(C)Cc2ccccc2)ccc1OC. The van der Waals surface area contributed by atoms with Gasteiger partial charge in [0.1, 0.15) is 11.3 Å². The van der Waals surface area contributed by atoms with E-state index in [4.69, 9.17) is 9.47 Å². The summed E-state index contributed by atoms with van der Waals surface area (Å²) in [6.07, 6.45) is 0. The normalized spacial score (nSPS) is 10.5. The van der Waals surface area contributed by atoms with Gasteiger partial charge in [0.15, 0.2) is 0 Å². The van der Waals surface area contributed by atoms with Crippen LogP contribution in [0.5, 0.6) is 5.75 Å². The molecule has 0 spiro atoms. The number of rotatable bonds is 8. The highest BCUT2D eigenvalue weighted by molar-refractivity contribution is 5.92. The first-order valence-electron chi connectivity index (χ1n) is 8.28. The lowest BCUT2D eigenvalue weighted by atomic mass is 10.1. The zero-order valence-electron chi connectivity index (χ0n) is 15.3. The standard InChI is InChI=1S/C20H24N2O4/c1-22(13-15-7-5-4-6-8-15)14-19(23)21-12-16-9-10-18(25-2)17(11-16)20(24)26-3/h4-11H,12-14H2,1-3H3,(H,21,23). The highest BCUT2D eigenvalue weighted by Crippen LogP contribution is 2.20. The van der Waals surface area contributed by atoms with Crippen LogP contribution in [0.4, 0.5) is 0 Å². The van der Waals surface area contributed by atoms with Gasteiger partial charge < -0.3 is 14.8 Å². The van der Waals surface area contributed by atoms with Crippen molar-refractivity contribution in [3.05, 3.63) is 65.2 Å². The van der Waals surface area contributed by atoms with E-state index in [9.17, 15) is 9.59 Å². The molecule has 0 atom stereocenters. The molecule has 6 nitrogen and oxygen atoms in total. The molecule has 0 bridgehead atoms. The Labute approximate surface area is 153 Å². The van der Waals surface area contributed by atoms with E-state index in [-0.39, 0.29) is 12.5 Å². The van der Waals surface area contributed by atoms with Gasteiger partial charge in [-0.3, -0.25) is 9.69 Å². The minimum absolute atomic E-state index is 0.0844. The van der Waals surface area contributed by atoms with Crippen molar-refractivity contribution in [1.82, 2.24) is 10.2 Å². The molecule has 2 aromatic carbocycles. The van der Waals surface area contributed by atoms with E-state index in [0.717, 1.165) is 11.1 Å². The van der Waals surface area contributed by atoms with Gasteiger partial charge in [-0.15, -0.1) is 0 Å². The topological polar surface area (TPSA) is 67.9 Å². The Hall–Kier alpha value is -2.86. The number of methoxy groups -OCH3 is 2. The maximum atomic E-state index is 12.1. The minimum atomic E-state index is -0.474. The van der Waals surface area contributed by atoms with Crippen LogP contribution >= 0.6 is 0 Å². The molecule has 0 heterocycles. The fraction of sp³-hybridized carbons (Fsp3) is 0.300. The van der Waals surface area contributed by atoms with E-state index < -0.39 is 5.97 Å². The third kappa shape index (κ3) is 5.60. The van der Waals surface area contributed by atoms with Crippen LogP contribution in [0.15, 0.2) is 48.5 Å². The monoisotopic (exact) mass is 356 g/mol. The molecule has 0 aliphatic heterocycles. The quantitative estimate of drug-likeness (QED) is 0.735. The zero-order valence-corrected chi connectivity index (χ0v) is 15.3. The van der Waals surface area contributed by atoms with Crippen LogP contribution in [0, 0.1) is 0 Å². The van der Waals surface area contributed by atoms with Crippen molar-refractivity contribution in [2.45, 2.75) is 13.1 Å². The number of carbonyl (C=O) groups excluding carboxylic acids is 2. The van der Waals surface area contributed by atoms with Gasteiger partial charge in [-0.2, -0.15) is 0 Å². The molecule has 0 saturated carbocycles. The van der Waals surface area contributed by atoms with Crippen LogP contribution in [-0.4, -0.2) is 44.6 Å². The molecule has 2 aromatic rings. The van der Waals surface area contributed by atoms with E-state index in [1.165, 1.54) is 14.2 Å². The van der Waals surface area contributed by atoms with Crippen LogP contribution in [0.1, 0.15) is 21.5 Å². The van der Waals surface area contributed by atoms with Gasteiger partial charge in [-0.05, 0) is 30.3 Å². The highest BCUT2D eigenvalue weighted by Gasteiger charge is 2.14. The Balaban J connectivity index is 1.89. The number of benzene rings is 2. The molecule has 0 aliphatic carbocycles. The van der Waals surface area contributed by atoms with Crippen molar-refractivity contribution in [2.24, 2.45) is 0 Å². The third-order valence-electron chi connectivity index (χ3n) is 3.87. The summed E-state index contributed by atoms with van der Waals surface area (Å²) in [7, 11) is 4.71. The van der Waals surface area contributed by atoms with E-state index in [2.05, 4.69) is 5.32 Å². The van der Waals surface area contributed by atoms with Crippen molar-refractivity contribution < 1.29 is 19.1 Å². The Morgan fingerprint density at radius 1 is 1.04 bits per heavy atom. The van der Waals surface area contributed by atoms with Crippen LogP contribution in [0.2, 0.25) is 0 Å². The zero-order chi connectivity index (χ0) is 18.9. The van der Waals surface area contributed by atoms with Gasteiger partial charge in [-0.25, -0.2) is 4.79 Å². The number of nitrogens with one attached hydrogen (secondary N) is 1. The van der Waals surface area contributed by atoms with Crippen molar-refractivity contribution in [3.63, 3.8) is 0 Å². The molecule has 0 radical (unpaired) electrons. The maximum Gasteiger partial charge on any atom is 0.341 e. The first-order valence-corrected chi connectivity index (χ1v) is 8.28. The minimum Gasteiger partial charge on any atom is -0.496 e. The Bertz CT molecular complexity index is 747. The van der Waals surface area contributed by atoms with Crippen LogP contribution in [0.25, 0.3) is 0 Å². The van der Waals surface area contributed by atoms with Gasteiger partial charge in [0.05, 0.1) is 20.8 Å². The third-order valence-corrected chi connectivity index (χ3v) is 3.87. The number of hydrogen-bond donors (Lipinski definition) is 1. The maximum absolute atomic E-state index is 12.1.